The summed E-state index contributed by atoms with van der Waals surface area (Å²) in [7, 11) is -3.37. The number of rotatable bonds is 7. The van der Waals surface area contributed by atoms with E-state index in [0.29, 0.717) is 17.8 Å². The van der Waals surface area contributed by atoms with E-state index in [1.165, 1.54) is 11.0 Å². The second kappa shape index (κ2) is 9.69. The second-order valence-electron chi connectivity index (χ2n) is 8.26. The lowest BCUT2D eigenvalue weighted by Crippen LogP contribution is -2.43. The lowest BCUT2D eigenvalue weighted by atomic mass is 10.2. The third-order valence-electron chi connectivity index (χ3n) is 5.85. The van der Waals surface area contributed by atoms with Gasteiger partial charge in [0.25, 0.3) is 5.91 Å². The van der Waals surface area contributed by atoms with Crippen LogP contribution in [0.3, 0.4) is 0 Å². The molecule has 2 aromatic carbocycles. The van der Waals surface area contributed by atoms with Crippen molar-refractivity contribution in [2.75, 3.05) is 17.3 Å². The number of amides is 1. The first-order valence-corrected chi connectivity index (χ1v) is 12.6. The molecule has 3 aromatic rings. The minimum absolute atomic E-state index is 0.206. The molecular weight excluding hydrogens is 452 g/mol. The molecule has 0 saturated heterocycles. The third kappa shape index (κ3) is 5.12. The molecule has 34 heavy (non-hydrogen) atoms. The highest BCUT2D eigenvalue weighted by molar-refractivity contribution is 7.94. The number of benzene rings is 2. The van der Waals surface area contributed by atoms with Gasteiger partial charge in [0.1, 0.15) is 0 Å². The second-order valence-corrected chi connectivity index (χ2v) is 10.2. The van der Waals surface area contributed by atoms with Crippen LogP contribution < -0.4 is 4.90 Å². The predicted molar refractivity (Wildman–Crippen MR) is 130 cm³/mol. The molecule has 176 valence electrons. The number of esters is 1. The van der Waals surface area contributed by atoms with Gasteiger partial charge in [0.2, 0.25) is 0 Å². The van der Waals surface area contributed by atoms with Crippen molar-refractivity contribution in [3.63, 3.8) is 0 Å². The number of hydrogen-bond donors (Lipinski definition) is 0. The van der Waals surface area contributed by atoms with Crippen LogP contribution in [0.15, 0.2) is 78.2 Å². The fourth-order valence-electron chi connectivity index (χ4n) is 4.12. The van der Waals surface area contributed by atoms with Crippen LogP contribution in [-0.2, 0) is 25.9 Å². The van der Waals surface area contributed by atoms with Crippen LogP contribution in [0, 0.1) is 13.8 Å². The van der Waals surface area contributed by atoms with Gasteiger partial charge in [0, 0.05) is 29.0 Å². The Bertz CT molecular complexity index is 1330. The Hall–Kier alpha value is -3.65. The van der Waals surface area contributed by atoms with Crippen molar-refractivity contribution in [3.8, 4) is 0 Å². The Labute approximate surface area is 199 Å². The Kier molecular flexibility index (Phi) is 6.70. The number of nitrogens with zero attached hydrogens (tertiary/aromatic N) is 2. The minimum Gasteiger partial charge on any atom is -0.452 e. The van der Waals surface area contributed by atoms with E-state index in [1.54, 1.807) is 36.4 Å². The van der Waals surface area contributed by atoms with E-state index in [0.717, 1.165) is 22.4 Å². The zero-order chi connectivity index (χ0) is 24.3. The Morgan fingerprint density at radius 2 is 1.68 bits per heavy atom. The lowest BCUT2D eigenvalue weighted by Gasteiger charge is -2.27. The van der Waals surface area contributed by atoms with Crippen LogP contribution >= 0.6 is 0 Å². The molecule has 0 unspecified atom stereocenters. The van der Waals surface area contributed by atoms with Gasteiger partial charge in [-0.15, -0.1) is 0 Å². The SMILES string of the molecule is Cc1cc(C(=O)OCC(=O)N(c2ccccc2)[C@H]2C=CS(=O)(=O)C2)c(C)n1Cc1ccccc1. The van der Waals surface area contributed by atoms with E-state index in [4.69, 9.17) is 4.74 Å². The molecule has 1 atom stereocenters. The first-order chi connectivity index (χ1) is 16.2. The van der Waals surface area contributed by atoms with Crippen molar-refractivity contribution in [2.45, 2.75) is 26.4 Å². The van der Waals surface area contributed by atoms with Crippen molar-refractivity contribution in [1.82, 2.24) is 4.57 Å². The highest BCUT2D eigenvalue weighted by atomic mass is 32.2. The van der Waals surface area contributed by atoms with Crippen molar-refractivity contribution in [3.05, 3.63) is 101 Å². The molecule has 1 aliphatic heterocycles. The fourth-order valence-corrected chi connectivity index (χ4v) is 5.39. The molecule has 0 spiro atoms. The number of carbonyl (C=O) groups is 2. The quantitative estimate of drug-likeness (QED) is 0.484. The largest absolute Gasteiger partial charge is 0.452 e. The molecule has 1 amide bonds. The van der Waals surface area contributed by atoms with E-state index in [9.17, 15) is 18.0 Å². The van der Waals surface area contributed by atoms with Gasteiger partial charge < -0.3 is 14.2 Å². The Balaban J connectivity index is 1.49. The molecule has 8 heteroatoms. The van der Waals surface area contributed by atoms with Gasteiger partial charge in [-0.05, 0) is 43.7 Å². The maximum absolute atomic E-state index is 13.1. The average Bonchev–Trinajstić information content (AvgIpc) is 3.32. The smallest absolute Gasteiger partial charge is 0.340 e. The molecule has 0 radical (unpaired) electrons. The topological polar surface area (TPSA) is 85.7 Å². The minimum atomic E-state index is -3.37. The number of anilines is 1. The number of aryl methyl sites for hydroxylation is 1. The number of sulfone groups is 1. The zero-order valence-corrected chi connectivity index (χ0v) is 19.9. The van der Waals surface area contributed by atoms with Crippen molar-refractivity contribution in [2.24, 2.45) is 0 Å². The maximum Gasteiger partial charge on any atom is 0.340 e. The molecule has 4 rings (SSSR count). The number of ether oxygens (including phenoxy) is 1. The summed E-state index contributed by atoms with van der Waals surface area (Å²) in [6.07, 6.45) is 1.49. The molecule has 7 nitrogen and oxygen atoms in total. The maximum atomic E-state index is 13.1. The van der Waals surface area contributed by atoms with Gasteiger partial charge in [-0.25, -0.2) is 13.2 Å². The summed E-state index contributed by atoms with van der Waals surface area (Å²) >= 11 is 0. The lowest BCUT2D eigenvalue weighted by molar-refractivity contribution is -0.121. The van der Waals surface area contributed by atoms with E-state index in [1.807, 2.05) is 48.7 Å². The normalized spacial score (nSPS) is 16.4. The molecule has 0 fully saturated rings. The van der Waals surface area contributed by atoms with Crippen LogP contribution in [0.1, 0.15) is 27.3 Å². The van der Waals surface area contributed by atoms with Crippen molar-refractivity contribution >= 4 is 27.4 Å². The van der Waals surface area contributed by atoms with Gasteiger partial charge in [-0.1, -0.05) is 48.5 Å². The predicted octanol–water partition coefficient (Wildman–Crippen LogP) is 3.65. The summed E-state index contributed by atoms with van der Waals surface area (Å²) in [6.45, 7) is 3.89. The molecule has 0 N–H and O–H groups in total. The summed E-state index contributed by atoms with van der Waals surface area (Å²) in [5, 5.41) is 1.12. The molecule has 1 aromatic heterocycles. The van der Waals surface area contributed by atoms with Gasteiger partial charge in [-0.3, -0.25) is 4.79 Å². The standard InChI is InChI=1S/C26H26N2O5S/c1-19-15-24(20(2)27(19)16-21-9-5-3-6-10-21)26(30)33-17-25(29)28(22-11-7-4-8-12-22)23-13-14-34(31,32)18-23/h3-15,23H,16-18H2,1-2H3/t23-/m0/s1. The molecule has 0 saturated carbocycles. The van der Waals surface area contributed by atoms with E-state index >= 15 is 0 Å². The molecule has 0 bridgehead atoms. The highest BCUT2D eigenvalue weighted by Gasteiger charge is 2.32. The zero-order valence-electron chi connectivity index (χ0n) is 19.0. The molecule has 0 aliphatic carbocycles. The average molecular weight is 479 g/mol. The molecule has 2 heterocycles. The van der Waals surface area contributed by atoms with Crippen LogP contribution in [0.2, 0.25) is 0 Å². The monoisotopic (exact) mass is 478 g/mol. The van der Waals surface area contributed by atoms with E-state index in [2.05, 4.69) is 0 Å². The summed E-state index contributed by atoms with van der Waals surface area (Å²) in [4.78, 5) is 27.3. The first kappa shape index (κ1) is 23.5. The summed E-state index contributed by atoms with van der Waals surface area (Å²) in [5.41, 5.74) is 3.71. The summed E-state index contributed by atoms with van der Waals surface area (Å²) in [5.74, 6) is -1.30. The van der Waals surface area contributed by atoms with E-state index < -0.39 is 34.4 Å². The Morgan fingerprint density at radius 3 is 2.29 bits per heavy atom. The third-order valence-corrected chi connectivity index (χ3v) is 7.23. The van der Waals surface area contributed by atoms with Crippen LogP contribution in [0.25, 0.3) is 0 Å². The van der Waals surface area contributed by atoms with Gasteiger partial charge in [0.05, 0.1) is 17.4 Å². The summed E-state index contributed by atoms with van der Waals surface area (Å²) in [6, 6.07) is 19.8. The summed E-state index contributed by atoms with van der Waals surface area (Å²) < 4.78 is 31.3. The van der Waals surface area contributed by atoms with E-state index in [-0.39, 0.29) is 5.75 Å². The van der Waals surface area contributed by atoms with Crippen LogP contribution in [0.5, 0.6) is 0 Å². The molecular formula is C26H26N2O5S. The van der Waals surface area contributed by atoms with Gasteiger partial charge >= 0.3 is 5.97 Å². The number of hydrogen-bond acceptors (Lipinski definition) is 5. The van der Waals surface area contributed by atoms with Gasteiger partial charge in [-0.2, -0.15) is 0 Å². The van der Waals surface area contributed by atoms with Gasteiger partial charge in [0.15, 0.2) is 16.4 Å². The van der Waals surface area contributed by atoms with Crippen LogP contribution in [-0.4, -0.2) is 43.3 Å². The van der Waals surface area contributed by atoms with Crippen LogP contribution in [0.4, 0.5) is 5.69 Å². The fraction of sp³-hybridized carbons (Fsp3) is 0.231. The van der Waals surface area contributed by atoms with Crippen molar-refractivity contribution in [1.29, 1.82) is 0 Å². The number of aromatic nitrogens is 1. The Morgan fingerprint density at radius 1 is 1.03 bits per heavy atom. The first-order valence-electron chi connectivity index (χ1n) is 10.9. The number of carbonyl (C=O) groups excluding carboxylic acids is 2. The number of para-hydroxylation sites is 1. The highest BCUT2D eigenvalue weighted by Crippen LogP contribution is 2.23. The van der Waals surface area contributed by atoms with Crippen molar-refractivity contribution < 1.29 is 22.7 Å². The molecule has 1 aliphatic rings.